The Hall–Kier alpha value is -3.15. The van der Waals surface area contributed by atoms with Gasteiger partial charge in [-0.25, -0.2) is 9.07 Å². The van der Waals surface area contributed by atoms with Crippen LogP contribution in [0.4, 0.5) is 4.39 Å². The lowest BCUT2D eigenvalue weighted by Gasteiger charge is -2.09. The van der Waals surface area contributed by atoms with E-state index in [1.54, 1.807) is 36.4 Å². The van der Waals surface area contributed by atoms with Crippen LogP contribution in [0.15, 0.2) is 78.9 Å². The molecular formula is C23H16Cl2FN3O. The fraction of sp³-hybridized carbons (Fsp3) is 0.0435. The molecule has 0 spiro atoms. The summed E-state index contributed by atoms with van der Waals surface area (Å²) in [5.41, 5.74) is 3.11. The molecule has 1 amide bonds. The second-order valence-corrected chi connectivity index (χ2v) is 7.41. The molecule has 7 heteroatoms. The van der Waals surface area contributed by atoms with Gasteiger partial charge in [0, 0.05) is 12.1 Å². The molecule has 4 nitrogen and oxygen atoms in total. The zero-order valence-corrected chi connectivity index (χ0v) is 17.2. The van der Waals surface area contributed by atoms with E-state index in [9.17, 15) is 9.18 Å². The van der Waals surface area contributed by atoms with Crippen molar-refractivity contribution >= 4 is 29.1 Å². The van der Waals surface area contributed by atoms with Gasteiger partial charge in [0.2, 0.25) is 0 Å². The van der Waals surface area contributed by atoms with E-state index in [1.807, 2.05) is 30.3 Å². The van der Waals surface area contributed by atoms with Crippen LogP contribution >= 0.6 is 23.2 Å². The van der Waals surface area contributed by atoms with Crippen LogP contribution in [-0.2, 0) is 6.54 Å². The van der Waals surface area contributed by atoms with Gasteiger partial charge in [-0.3, -0.25) is 4.79 Å². The Kier molecular flexibility index (Phi) is 5.84. The monoisotopic (exact) mass is 439 g/mol. The van der Waals surface area contributed by atoms with Crippen molar-refractivity contribution in [2.24, 2.45) is 0 Å². The molecule has 0 aliphatic carbocycles. The first-order chi connectivity index (χ1) is 14.5. The zero-order valence-electron chi connectivity index (χ0n) is 15.6. The fourth-order valence-corrected chi connectivity index (χ4v) is 3.28. The molecule has 0 saturated carbocycles. The molecule has 4 rings (SSSR count). The summed E-state index contributed by atoms with van der Waals surface area (Å²) in [6.07, 6.45) is 0. The number of aromatic nitrogens is 2. The largest absolute Gasteiger partial charge is 0.347 e. The van der Waals surface area contributed by atoms with Crippen molar-refractivity contribution in [2.75, 3.05) is 0 Å². The molecule has 1 heterocycles. The lowest BCUT2D eigenvalue weighted by molar-refractivity contribution is 0.0943. The van der Waals surface area contributed by atoms with Gasteiger partial charge in [-0.05, 0) is 54.1 Å². The number of benzene rings is 3. The van der Waals surface area contributed by atoms with Crippen molar-refractivity contribution < 1.29 is 9.18 Å². The first kappa shape index (κ1) is 20.1. The third-order valence-corrected chi connectivity index (χ3v) is 5.26. The Labute approximate surface area is 182 Å². The van der Waals surface area contributed by atoms with E-state index in [4.69, 9.17) is 23.2 Å². The lowest BCUT2D eigenvalue weighted by atomic mass is 10.1. The number of carbonyl (C=O) groups excluding carboxylic acids is 1. The summed E-state index contributed by atoms with van der Waals surface area (Å²) in [6.45, 7) is 0.373. The van der Waals surface area contributed by atoms with Crippen LogP contribution in [0.2, 0.25) is 10.0 Å². The van der Waals surface area contributed by atoms with Gasteiger partial charge in [0.25, 0.3) is 5.91 Å². The minimum atomic E-state index is -0.344. The quantitative estimate of drug-likeness (QED) is 0.419. The molecule has 150 valence electrons. The highest BCUT2D eigenvalue weighted by atomic mass is 35.5. The third kappa shape index (κ3) is 4.37. The molecule has 0 bridgehead atoms. The van der Waals surface area contributed by atoms with Crippen LogP contribution < -0.4 is 5.32 Å². The van der Waals surface area contributed by atoms with E-state index >= 15 is 0 Å². The molecule has 30 heavy (non-hydrogen) atoms. The number of nitrogens with zero attached hydrogens (tertiary/aromatic N) is 2. The highest BCUT2D eigenvalue weighted by Gasteiger charge is 2.18. The van der Waals surface area contributed by atoms with E-state index in [-0.39, 0.29) is 11.7 Å². The summed E-state index contributed by atoms with van der Waals surface area (Å²) in [4.78, 5) is 13.0. The first-order valence-corrected chi connectivity index (χ1v) is 9.90. The molecule has 0 aliphatic heterocycles. The van der Waals surface area contributed by atoms with Crippen molar-refractivity contribution in [1.29, 1.82) is 0 Å². The summed E-state index contributed by atoms with van der Waals surface area (Å²) in [6, 6.07) is 22.2. The maximum atomic E-state index is 13.3. The van der Waals surface area contributed by atoms with E-state index in [2.05, 4.69) is 10.4 Å². The van der Waals surface area contributed by atoms with Crippen LogP contribution in [0, 0.1) is 5.82 Å². The SMILES string of the molecule is O=C(NCc1ccccc1)c1cc(-c2ccc(F)cc2)nn1-c1ccc(Cl)c(Cl)c1. The maximum absolute atomic E-state index is 13.3. The summed E-state index contributed by atoms with van der Waals surface area (Å²) >= 11 is 12.2. The molecular weight excluding hydrogens is 424 g/mol. The van der Waals surface area contributed by atoms with Gasteiger partial charge < -0.3 is 5.32 Å². The minimum absolute atomic E-state index is 0.300. The van der Waals surface area contributed by atoms with Crippen molar-refractivity contribution in [2.45, 2.75) is 6.54 Å². The molecule has 1 N–H and O–H groups in total. The summed E-state index contributed by atoms with van der Waals surface area (Å²) in [5, 5.41) is 8.22. The number of amides is 1. The number of halogens is 3. The Morgan fingerprint density at radius 2 is 1.67 bits per heavy atom. The number of hydrogen-bond donors (Lipinski definition) is 1. The van der Waals surface area contributed by atoms with E-state index in [0.29, 0.717) is 39.2 Å². The molecule has 3 aromatic carbocycles. The van der Waals surface area contributed by atoms with Gasteiger partial charge in [-0.1, -0.05) is 53.5 Å². The van der Waals surface area contributed by atoms with Gasteiger partial charge in [0.05, 0.1) is 21.4 Å². The van der Waals surface area contributed by atoms with Crippen molar-refractivity contribution in [3.05, 3.63) is 106 Å². The second kappa shape index (κ2) is 8.69. The molecule has 0 fully saturated rings. The second-order valence-electron chi connectivity index (χ2n) is 6.60. The normalized spacial score (nSPS) is 10.8. The maximum Gasteiger partial charge on any atom is 0.270 e. The van der Waals surface area contributed by atoms with E-state index in [0.717, 1.165) is 5.56 Å². The molecule has 4 aromatic rings. The fourth-order valence-electron chi connectivity index (χ4n) is 2.99. The molecule has 0 saturated heterocycles. The summed E-state index contributed by atoms with van der Waals surface area (Å²) in [7, 11) is 0. The Bertz CT molecular complexity index is 1190. The van der Waals surface area contributed by atoms with Crippen LogP contribution in [0.1, 0.15) is 16.1 Å². The van der Waals surface area contributed by atoms with Crippen LogP contribution in [0.5, 0.6) is 0 Å². The third-order valence-electron chi connectivity index (χ3n) is 4.53. The number of carbonyl (C=O) groups is 1. The molecule has 0 unspecified atom stereocenters. The standard InChI is InChI=1S/C23H16Cl2FN3O/c24-19-11-10-18(12-20(19)25)29-22(23(30)27-14-15-4-2-1-3-5-15)13-21(28-29)16-6-8-17(26)9-7-16/h1-13H,14H2,(H,27,30). The Morgan fingerprint density at radius 1 is 0.933 bits per heavy atom. The van der Waals surface area contributed by atoms with Crippen molar-refractivity contribution in [1.82, 2.24) is 15.1 Å². The van der Waals surface area contributed by atoms with Crippen molar-refractivity contribution in [3.8, 4) is 16.9 Å². The van der Waals surface area contributed by atoms with Crippen LogP contribution in [0.3, 0.4) is 0 Å². The predicted molar refractivity (Wildman–Crippen MR) is 117 cm³/mol. The molecule has 0 atom stereocenters. The first-order valence-electron chi connectivity index (χ1n) is 9.15. The molecule has 0 radical (unpaired) electrons. The van der Waals surface area contributed by atoms with Gasteiger partial charge in [0.15, 0.2) is 0 Å². The number of hydrogen-bond acceptors (Lipinski definition) is 2. The van der Waals surface area contributed by atoms with Gasteiger partial charge in [-0.15, -0.1) is 0 Å². The Morgan fingerprint density at radius 3 is 2.37 bits per heavy atom. The molecule has 0 aliphatic rings. The van der Waals surface area contributed by atoms with E-state index in [1.165, 1.54) is 16.8 Å². The zero-order chi connectivity index (χ0) is 21.1. The van der Waals surface area contributed by atoms with Crippen molar-refractivity contribution in [3.63, 3.8) is 0 Å². The highest BCUT2D eigenvalue weighted by Crippen LogP contribution is 2.27. The summed E-state index contributed by atoms with van der Waals surface area (Å²) < 4.78 is 14.8. The number of nitrogens with one attached hydrogen (secondary N) is 1. The average molecular weight is 440 g/mol. The lowest BCUT2D eigenvalue weighted by Crippen LogP contribution is -2.25. The number of rotatable bonds is 5. The summed E-state index contributed by atoms with van der Waals surface area (Å²) in [5.74, 6) is -0.644. The minimum Gasteiger partial charge on any atom is -0.347 e. The van der Waals surface area contributed by atoms with Gasteiger partial charge in [0.1, 0.15) is 11.5 Å². The molecule has 1 aromatic heterocycles. The van der Waals surface area contributed by atoms with Crippen LogP contribution in [0.25, 0.3) is 16.9 Å². The van der Waals surface area contributed by atoms with Gasteiger partial charge >= 0.3 is 0 Å². The topological polar surface area (TPSA) is 46.9 Å². The highest BCUT2D eigenvalue weighted by molar-refractivity contribution is 6.42. The van der Waals surface area contributed by atoms with Crippen LogP contribution in [-0.4, -0.2) is 15.7 Å². The van der Waals surface area contributed by atoms with E-state index < -0.39 is 0 Å². The predicted octanol–water partition coefficient (Wildman–Crippen LogP) is 5.92. The van der Waals surface area contributed by atoms with Gasteiger partial charge in [-0.2, -0.15) is 5.10 Å². The Balaban J connectivity index is 1.71. The smallest absolute Gasteiger partial charge is 0.270 e. The average Bonchev–Trinajstić information content (AvgIpc) is 3.21.